The molecule has 0 aliphatic heterocycles. The molecule has 0 aromatic rings. The van der Waals surface area contributed by atoms with Gasteiger partial charge in [0, 0.05) is 29.1 Å². The van der Waals surface area contributed by atoms with E-state index in [9.17, 15) is 4.57 Å². The van der Waals surface area contributed by atoms with Gasteiger partial charge in [-0.3, -0.25) is 4.57 Å². The molecule has 4 unspecified atom stereocenters. The molecule has 0 aliphatic carbocycles. The van der Waals surface area contributed by atoms with Gasteiger partial charge in [0.2, 0.25) is 0 Å². The number of halogens is 3. The van der Waals surface area contributed by atoms with Crippen molar-refractivity contribution in [3.05, 3.63) is 0 Å². The molecule has 0 rings (SSSR count). The fourth-order valence-corrected chi connectivity index (χ4v) is 1.90. The monoisotopic (exact) mass is 330 g/mol. The third-order valence-electron chi connectivity index (χ3n) is 0.607. The van der Waals surface area contributed by atoms with Crippen molar-refractivity contribution in [3.63, 3.8) is 0 Å². The predicted octanol–water partition coefficient (Wildman–Crippen LogP) is 2.30. The van der Waals surface area contributed by atoms with E-state index >= 15 is 0 Å². The molecule has 4 atom stereocenters. The number of hydrogen-bond acceptors (Lipinski definition) is 1. The van der Waals surface area contributed by atoms with Crippen LogP contribution >= 0.6 is 49.9 Å². The first-order chi connectivity index (χ1) is 6.65. The Morgan fingerprint density at radius 1 is 1.36 bits per heavy atom. The summed E-state index contributed by atoms with van der Waals surface area (Å²) in [7, 11) is 0. The van der Waals surface area contributed by atoms with Crippen LogP contribution < -0.4 is 10.2 Å². The zero-order valence-corrected chi connectivity index (χ0v) is 10.1. The van der Waals surface area contributed by atoms with Gasteiger partial charge in [-0.25, -0.2) is 10.2 Å². The summed E-state index contributed by atoms with van der Waals surface area (Å²) in [6.07, 6.45) is 0. The van der Waals surface area contributed by atoms with Crippen LogP contribution in [-0.4, -0.2) is 23.7 Å². The first-order valence-corrected chi connectivity index (χ1v) is 6.92. The highest BCUT2D eigenvalue weighted by molar-refractivity contribution is 9.09. The first kappa shape index (κ1) is 6.80. The van der Waals surface area contributed by atoms with Crippen LogP contribution in [0.1, 0.15) is 5.48 Å². The van der Waals surface area contributed by atoms with Crippen molar-refractivity contribution in [2.75, 3.05) is 23.7 Å². The molecule has 7 heteroatoms. The van der Waals surface area contributed by atoms with Crippen LogP contribution in [0.4, 0.5) is 0 Å². The quantitative estimate of drug-likeness (QED) is 0.579. The standard InChI is InChI=1S/C4H10Br2ClN2OP/c5-1-3-8-11(7,10)9-4-2-6/h1-4H2,(H2,8,9,10)/i1D,2D,3D,4D. The minimum absolute atomic E-state index is 0.980. The Labute approximate surface area is 93.8 Å². The molecule has 0 bridgehead atoms. The Kier molecular flexibility index (Phi) is 4.24. The number of rotatable bonds is 6. The predicted molar refractivity (Wildman–Crippen MR) is 57.1 cm³/mol. The maximum absolute atomic E-state index is 11.5. The molecular formula is C4H10Br2ClN2OP. The van der Waals surface area contributed by atoms with Crippen molar-refractivity contribution in [3.8, 4) is 0 Å². The second kappa shape index (κ2) is 6.87. The maximum Gasteiger partial charge on any atom is 0.299 e. The number of hydrogen-bond donors (Lipinski definition) is 2. The lowest BCUT2D eigenvalue weighted by Gasteiger charge is -2.11. The fraction of sp³-hybridized carbons (Fsp3) is 1.00. The third-order valence-corrected chi connectivity index (χ3v) is 2.68. The van der Waals surface area contributed by atoms with E-state index in [1.54, 1.807) is 0 Å². The third kappa shape index (κ3) is 7.75. The second-order valence-electron chi connectivity index (χ2n) is 1.38. The zero-order chi connectivity index (χ0) is 12.2. The molecule has 0 saturated carbocycles. The Balaban J connectivity index is 4.25. The Bertz CT molecular complexity index is 229. The van der Waals surface area contributed by atoms with Gasteiger partial charge in [-0.1, -0.05) is 31.9 Å². The summed E-state index contributed by atoms with van der Waals surface area (Å²) >= 11 is 11.1. The van der Waals surface area contributed by atoms with Gasteiger partial charge < -0.3 is 0 Å². The van der Waals surface area contributed by atoms with E-state index in [0.29, 0.717) is 0 Å². The van der Waals surface area contributed by atoms with E-state index in [1.807, 2.05) is 0 Å². The highest BCUT2D eigenvalue weighted by Crippen LogP contribution is 2.41. The van der Waals surface area contributed by atoms with E-state index in [-0.39, 0.29) is 0 Å². The largest absolute Gasteiger partial charge is 0.299 e. The number of alkyl halides is 2. The molecule has 0 aromatic carbocycles. The molecule has 0 fully saturated rings. The van der Waals surface area contributed by atoms with Gasteiger partial charge in [0.25, 0.3) is 6.80 Å². The summed E-state index contributed by atoms with van der Waals surface area (Å²) in [5, 5.41) is 2.36. The van der Waals surface area contributed by atoms with Crippen LogP contribution in [0.25, 0.3) is 0 Å². The van der Waals surface area contributed by atoms with Crippen LogP contribution in [0.5, 0.6) is 0 Å². The van der Waals surface area contributed by atoms with Crippen LogP contribution in [-0.2, 0) is 4.57 Å². The molecule has 68 valence electrons. The molecule has 0 saturated heterocycles. The minimum Gasteiger partial charge on any atom is -0.271 e. The van der Waals surface area contributed by atoms with Crippen LogP contribution in [0.3, 0.4) is 0 Å². The van der Waals surface area contributed by atoms with Gasteiger partial charge in [-0.05, 0) is 11.2 Å². The molecule has 0 heterocycles. The Hall–Kier alpha value is 1.40. The molecule has 0 amide bonds. The van der Waals surface area contributed by atoms with Crippen molar-refractivity contribution in [1.29, 1.82) is 0 Å². The summed E-state index contributed by atoms with van der Waals surface area (Å²) in [5.74, 6) is 0. The van der Waals surface area contributed by atoms with Crippen molar-refractivity contribution < 1.29 is 10.0 Å². The lowest BCUT2D eigenvalue weighted by molar-refractivity contribution is 0.568. The van der Waals surface area contributed by atoms with Gasteiger partial charge in [-0.2, -0.15) is 0 Å². The molecule has 0 radical (unpaired) electrons. The van der Waals surface area contributed by atoms with Gasteiger partial charge in [0.1, 0.15) is 0 Å². The van der Waals surface area contributed by atoms with E-state index in [4.69, 9.17) is 16.7 Å². The Morgan fingerprint density at radius 2 is 1.73 bits per heavy atom. The molecule has 0 spiro atoms. The smallest absolute Gasteiger partial charge is 0.271 e. The SMILES string of the molecule is [2H]C(Br)C([2H])NP(=O)(Cl)NC([2H])C([2H])Br. The summed E-state index contributed by atoms with van der Waals surface area (Å²) in [4.78, 5) is 0. The molecule has 11 heavy (non-hydrogen) atoms. The minimum atomic E-state index is -3.62. The van der Waals surface area contributed by atoms with Crippen LogP contribution in [0.15, 0.2) is 0 Å². The number of nitrogens with one attached hydrogen (secondary N) is 2. The van der Waals surface area contributed by atoms with Crippen molar-refractivity contribution in [1.82, 2.24) is 10.2 Å². The summed E-state index contributed by atoms with van der Waals surface area (Å²) in [6, 6.07) is 0. The topological polar surface area (TPSA) is 41.1 Å². The van der Waals surface area contributed by atoms with Crippen molar-refractivity contribution in [2.24, 2.45) is 0 Å². The van der Waals surface area contributed by atoms with Gasteiger partial charge in [-0.15, -0.1) is 0 Å². The summed E-state index contributed by atoms with van der Waals surface area (Å²) in [6.45, 7) is -5.99. The highest BCUT2D eigenvalue weighted by atomic mass is 79.9. The zero-order valence-electron chi connectivity index (χ0n) is 9.30. The average molecular weight is 332 g/mol. The van der Waals surface area contributed by atoms with E-state index in [0.717, 1.165) is 0 Å². The first-order valence-electron chi connectivity index (χ1n) is 4.79. The summed E-state index contributed by atoms with van der Waals surface area (Å²) < 4.78 is 40.3. The normalized spacial score (nSPS) is 33.0. The molecular weight excluding hydrogens is 318 g/mol. The van der Waals surface area contributed by atoms with Crippen molar-refractivity contribution in [2.45, 2.75) is 0 Å². The van der Waals surface area contributed by atoms with Crippen molar-refractivity contribution >= 4 is 49.9 Å². The lowest BCUT2D eigenvalue weighted by Crippen LogP contribution is -2.21. The molecule has 3 nitrogen and oxygen atoms in total. The molecule has 2 N–H and O–H groups in total. The average Bonchev–Trinajstić information content (AvgIpc) is 2.01. The van der Waals surface area contributed by atoms with Gasteiger partial charge in [0.15, 0.2) is 0 Å². The fourth-order valence-electron chi connectivity index (χ4n) is 0.285. The maximum atomic E-state index is 11.5. The van der Waals surface area contributed by atoms with E-state index in [1.165, 1.54) is 0 Å². The highest BCUT2D eigenvalue weighted by Gasteiger charge is 2.14. The van der Waals surface area contributed by atoms with Gasteiger partial charge >= 0.3 is 0 Å². The van der Waals surface area contributed by atoms with Crippen LogP contribution in [0, 0.1) is 0 Å². The lowest BCUT2D eigenvalue weighted by atomic mass is 10.8. The van der Waals surface area contributed by atoms with E-state index in [2.05, 4.69) is 42.0 Å². The van der Waals surface area contributed by atoms with Gasteiger partial charge in [0.05, 0.1) is 0 Å². The Morgan fingerprint density at radius 3 is 2.00 bits per heavy atom. The summed E-state index contributed by atoms with van der Waals surface area (Å²) in [5.41, 5.74) is 0. The molecule has 0 aromatic heterocycles. The van der Waals surface area contributed by atoms with E-state index < -0.39 is 30.4 Å². The van der Waals surface area contributed by atoms with Crippen LogP contribution in [0.2, 0.25) is 0 Å². The molecule has 0 aliphatic rings. The second-order valence-corrected chi connectivity index (χ2v) is 5.44.